The third kappa shape index (κ3) is 4.10. The molecule has 0 aliphatic carbocycles. The zero-order valence-electron chi connectivity index (χ0n) is 9.06. The number of hydrogen-bond acceptors (Lipinski definition) is 1. The maximum Gasteiger partial charge on any atom is 0.0431 e. The highest BCUT2D eigenvalue weighted by atomic mass is 16.2. The second kappa shape index (κ2) is 5.58. The lowest BCUT2D eigenvalue weighted by molar-refractivity contribution is 0.197. The van der Waals surface area contributed by atoms with Crippen molar-refractivity contribution in [2.75, 3.05) is 6.61 Å². The molecule has 1 heteroatoms. The molecule has 0 aromatic carbocycles. The van der Waals surface area contributed by atoms with Gasteiger partial charge in [0.1, 0.15) is 0 Å². The average Bonchev–Trinajstić information content (AvgIpc) is 2.05. The third-order valence-corrected chi connectivity index (χ3v) is 3.29. The van der Waals surface area contributed by atoms with Crippen molar-refractivity contribution in [2.24, 2.45) is 11.3 Å². The second-order valence-corrected chi connectivity index (χ2v) is 4.46. The molecule has 0 aromatic rings. The predicted octanol–water partition coefficient (Wildman–Crippen LogP) is 3.22. The van der Waals surface area contributed by atoms with Crippen LogP contribution < -0.4 is 0 Å². The first-order valence-corrected chi connectivity index (χ1v) is 5.15. The van der Waals surface area contributed by atoms with Crippen LogP contribution in [-0.4, -0.2) is 11.7 Å². The molecule has 0 bridgehead atoms. The summed E-state index contributed by atoms with van der Waals surface area (Å²) in [5.74, 6) is 0.772. The molecule has 0 saturated carbocycles. The fraction of sp³-hybridized carbons (Fsp3) is 1.00. The second-order valence-electron chi connectivity index (χ2n) is 4.46. The highest BCUT2D eigenvalue weighted by Crippen LogP contribution is 2.33. The Morgan fingerprint density at radius 1 is 1.25 bits per heavy atom. The van der Waals surface area contributed by atoms with Crippen LogP contribution in [0.5, 0.6) is 0 Å². The highest BCUT2D eigenvalue weighted by molar-refractivity contribution is 4.73. The molecule has 0 saturated heterocycles. The van der Waals surface area contributed by atoms with Crippen LogP contribution in [0.25, 0.3) is 0 Å². The fourth-order valence-corrected chi connectivity index (χ4v) is 1.30. The van der Waals surface area contributed by atoms with Crippen LogP contribution in [0.4, 0.5) is 0 Å². The van der Waals surface area contributed by atoms with Gasteiger partial charge in [0, 0.05) is 6.61 Å². The zero-order chi connectivity index (χ0) is 9.61. The molecule has 0 radical (unpaired) electrons. The highest BCUT2D eigenvalue weighted by Gasteiger charge is 2.22. The van der Waals surface area contributed by atoms with E-state index in [1.807, 2.05) is 0 Å². The summed E-state index contributed by atoms with van der Waals surface area (Å²) in [5.41, 5.74) is 0.468. The van der Waals surface area contributed by atoms with E-state index in [1.54, 1.807) is 0 Å². The molecule has 0 amide bonds. The largest absolute Gasteiger partial charge is 0.396 e. The third-order valence-electron chi connectivity index (χ3n) is 3.29. The molecule has 1 N–H and O–H groups in total. The van der Waals surface area contributed by atoms with Crippen molar-refractivity contribution in [1.82, 2.24) is 0 Å². The molecule has 0 aromatic heterocycles. The summed E-state index contributed by atoms with van der Waals surface area (Å²) in [7, 11) is 0. The Morgan fingerprint density at radius 2 is 1.83 bits per heavy atom. The summed E-state index contributed by atoms with van der Waals surface area (Å²) in [5, 5.41) is 8.64. The van der Waals surface area contributed by atoms with E-state index in [9.17, 15) is 0 Å². The smallest absolute Gasteiger partial charge is 0.0431 e. The van der Waals surface area contributed by atoms with Gasteiger partial charge < -0.3 is 5.11 Å². The SMILES string of the molecule is CCC(C)(C)C(C)CCCCO. The Hall–Kier alpha value is -0.0400. The Balaban J connectivity index is 3.63. The van der Waals surface area contributed by atoms with Crippen molar-refractivity contribution in [3.8, 4) is 0 Å². The average molecular weight is 172 g/mol. The minimum absolute atomic E-state index is 0.347. The maximum atomic E-state index is 8.64. The van der Waals surface area contributed by atoms with Gasteiger partial charge in [-0.1, -0.05) is 47.0 Å². The van der Waals surface area contributed by atoms with E-state index in [-0.39, 0.29) is 0 Å². The van der Waals surface area contributed by atoms with E-state index in [4.69, 9.17) is 5.11 Å². The Morgan fingerprint density at radius 3 is 2.25 bits per heavy atom. The first-order chi connectivity index (χ1) is 5.54. The van der Waals surface area contributed by atoms with E-state index in [0.29, 0.717) is 12.0 Å². The summed E-state index contributed by atoms with van der Waals surface area (Å²) >= 11 is 0. The van der Waals surface area contributed by atoms with Crippen LogP contribution in [-0.2, 0) is 0 Å². The van der Waals surface area contributed by atoms with Crippen molar-refractivity contribution >= 4 is 0 Å². The number of aliphatic hydroxyl groups is 1. The van der Waals surface area contributed by atoms with E-state index >= 15 is 0 Å². The van der Waals surface area contributed by atoms with Crippen molar-refractivity contribution < 1.29 is 5.11 Å². The summed E-state index contributed by atoms with van der Waals surface area (Å²) in [4.78, 5) is 0. The van der Waals surface area contributed by atoms with E-state index < -0.39 is 0 Å². The van der Waals surface area contributed by atoms with Crippen LogP contribution in [0, 0.1) is 11.3 Å². The van der Waals surface area contributed by atoms with Gasteiger partial charge in [0.2, 0.25) is 0 Å². The summed E-state index contributed by atoms with van der Waals surface area (Å²) in [6.45, 7) is 9.58. The van der Waals surface area contributed by atoms with Gasteiger partial charge in [-0.2, -0.15) is 0 Å². The molecule has 0 aliphatic rings. The molecule has 0 spiro atoms. The van der Waals surface area contributed by atoms with Gasteiger partial charge in [-0.3, -0.25) is 0 Å². The minimum Gasteiger partial charge on any atom is -0.396 e. The molecular formula is C11H24O. The molecule has 74 valence electrons. The van der Waals surface area contributed by atoms with Crippen molar-refractivity contribution in [3.63, 3.8) is 0 Å². The zero-order valence-corrected chi connectivity index (χ0v) is 9.06. The minimum atomic E-state index is 0.347. The Labute approximate surface area is 77.2 Å². The van der Waals surface area contributed by atoms with Gasteiger partial charge in [0.05, 0.1) is 0 Å². The molecular weight excluding hydrogens is 148 g/mol. The Bertz CT molecular complexity index is 108. The first kappa shape index (κ1) is 12.0. The lowest BCUT2D eigenvalue weighted by atomic mass is 9.75. The number of unbranched alkanes of at least 4 members (excludes halogenated alkanes) is 1. The van der Waals surface area contributed by atoms with E-state index in [2.05, 4.69) is 27.7 Å². The number of rotatable bonds is 6. The summed E-state index contributed by atoms with van der Waals surface area (Å²) in [6, 6.07) is 0. The van der Waals surface area contributed by atoms with Gasteiger partial charge in [0.25, 0.3) is 0 Å². The quantitative estimate of drug-likeness (QED) is 0.610. The standard InChI is InChI=1S/C11H24O/c1-5-11(3,4)10(2)8-6-7-9-12/h10,12H,5-9H2,1-4H3. The lowest BCUT2D eigenvalue weighted by Crippen LogP contribution is -2.20. The van der Waals surface area contributed by atoms with Crippen molar-refractivity contribution in [3.05, 3.63) is 0 Å². The van der Waals surface area contributed by atoms with Crippen LogP contribution in [0.3, 0.4) is 0 Å². The van der Waals surface area contributed by atoms with Gasteiger partial charge in [0.15, 0.2) is 0 Å². The summed E-state index contributed by atoms with van der Waals surface area (Å²) in [6.07, 6.45) is 4.62. The van der Waals surface area contributed by atoms with Crippen LogP contribution >= 0.6 is 0 Å². The topological polar surface area (TPSA) is 20.2 Å². The maximum absolute atomic E-state index is 8.64. The van der Waals surface area contributed by atoms with E-state index in [1.165, 1.54) is 19.3 Å². The Kier molecular flexibility index (Phi) is 5.56. The molecule has 12 heavy (non-hydrogen) atoms. The normalized spacial score (nSPS) is 14.8. The van der Waals surface area contributed by atoms with Gasteiger partial charge in [-0.25, -0.2) is 0 Å². The predicted molar refractivity (Wildman–Crippen MR) is 54.2 cm³/mol. The van der Waals surface area contributed by atoms with Gasteiger partial charge in [-0.05, 0) is 17.8 Å². The molecule has 1 unspecified atom stereocenters. The number of hydrogen-bond donors (Lipinski definition) is 1. The molecule has 0 aliphatic heterocycles. The molecule has 0 heterocycles. The van der Waals surface area contributed by atoms with Gasteiger partial charge >= 0.3 is 0 Å². The van der Waals surface area contributed by atoms with Crippen LogP contribution in [0.1, 0.15) is 53.4 Å². The molecule has 0 fully saturated rings. The van der Waals surface area contributed by atoms with Crippen molar-refractivity contribution in [1.29, 1.82) is 0 Å². The fourth-order valence-electron chi connectivity index (χ4n) is 1.30. The first-order valence-electron chi connectivity index (χ1n) is 5.15. The van der Waals surface area contributed by atoms with Gasteiger partial charge in [-0.15, -0.1) is 0 Å². The molecule has 0 rings (SSSR count). The molecule has 1 nitrogen and oxygen atoms in total. The monoisotopic (exact) mass is 172 g/mol. The summed E-state index contributed by atoms with van der Waals surface area (Å²) < 4.78 is 0. The lowest BCUT2D eigenvalue weighted by Gasteiger charge is -2.30. The van der Waals surface area contributed by atoms with Crippen molar-refractivity contribution in [2.45, 2.75) is 53.4 Å². The number of aliphatic hydroxyl groups excluding tert-OH is 1. The van der Waals surface area contributed by atoms with Crippen LogP contribution in [0.15, 0.2) is 0 Å². The van der Waals surface area contributed by atoms with Crippen LogP contribution in [0.2, 0.25) is 0 Å². The van der Waals surface area contributed by atoms with E-state index in [0.717, 1.165) is 12.3 Å². The molecule has 1 atom stereocenters.